The van der Waals surface area contributed by atoms with Gasteiger partial charge >= 0.3 is 11.9 Å². The Morgan fingerprint density at radius 3 is 2.65 bits per heavy atom. The fraction of sp³-hybridized carbons (Fsp3) is 0.500. The lowest BCUT2D eigenvalue weighted by molar-refractivity contribution is -0.141. The van der Waals surface area contributed by atoms with E-state index in [4.69, 9.17) is 16.1 Å². The molecule has 3 aromatic heterocycles. The van der Waals surface area contributed by atoms with E-state index in [2.05, 4.69) is 20.2 Å². The van der Waals surface area contributed by atoms with Crippen LogP contribution in [0.25, 0.3) is 0 Å². The number of hydrogen-bond acceptors (Lipinski definition) is 7. The maximum absolute atomic E-state index is 13.0. The van der Waals surface area contributed by atoms with E-state index < -0.39 is 23.1 Å². The van der Waals surface area contributed by atoms with Crippen molar-refractivity contribution in [3.05, 3.63) is 56.1 Å². The van der Waals surface area contributed by atoms with Gasteiger partial charge in [-0.05, 0) is 18.9 Å². The van der Waals surface area contributed by atoms with Crippen molar-refractivity contribution in [3.63, 3.8) is 0 Å². The summed E-state index contributed by atoms with van der Waals surface area (Å²) in [7, 11) is 0. The van der Waals surface area contributed by atoms with E-state index in [0.29, 0.717) is 24.3 Å². The Hall–Kier alpha value is -3.22. The second-order valence-corrected chi connectivity index (χ2v) is 8.25. The molecule has 0 atom stereocenters. The average molecular weight is 500 g/mol. The van der Waals surface area contributed by atoms with Crippen molar-refractivity contribution in [2.75, 3.05) is 0 Å². The second-order valence-electron chi connectivity index (χ2n) is 7.82. The zero-order valence-electron chi connectivity index (χ0n) is 18.2. The standard InChI is InChI=1S/C20H21ClF3N7O3/c1-2-3-7-30-17-12(10-14(21)25-17)18(32)31(19(30)33)8-4-5-16-26-15(28-34-16)11-29-9-6-13(27-29)20(22,23)24/h6,9H,2-5,7-8,10-11H2,1H3. The van der Waals surface area contributed by atoms with Crippen LogP contribution in [0.1, 0.15) is 49.2 Å². The minimum Gasteiger partial charge on any atom is -0.339 e. The van der Waals surface area contributed by atoms with Gasteiger partial charge in [-0.15, -0.1) is 0 Å². The molecule has 1 aliphatic rings. The van der Waals surface area contributed by atoms with E-state index in [1.165, 1.54) is 15.3 Å². The molecule has 0 aromatic carbocycles. The highest BCUT2D eigenvalue weighted by molar-refractivity contribution is 6.66. The van der Waals surface area contributed by atoms with Crippen LogP contribution in [0, 0.1) is 0 Å². The number of halogens is 4. The van der Waals surface area contributed by atoms with Crippen molar-refractivity contribution >= 4 is 22.6 Å². The lowest BCUT2D eigenvalue weighted by Gasteiger charge is -2.13. The summed E-state index contributed by atoms with van der Waals surface area (Å²) < 4.78 is 46.9. The normalized spacial score (nSPS) is 13.4. The van der Waals surface area contributed by atoms with E-state index in [-0.39, 0.29) is 42.8 Å². The van der Waals surface area contributed by atoms with Gasteiger partial charge in [0, 0.05) is 32.1 Å². The number of rotatable bonds is 9. The van der Waals surface area contributed by atoms with Gasteiger partial charge in [-0.2, -0.15) is 23.3 Å². The van der Waals surface area contributed by atoms with Crippen molar-refractivity contribution in [3.8, 4) is 0 Å². The van der Waals surface area contributed by atoms with E-state index in [0.717, 1.165) is 23.6 Å². The molecule has 0 saturated heterocycles. The Kier molecular flexibility index (Phi) is 6.73. The topological polar surface area (TPSA) is 113 Å². The molecule has 0 radical (unpaired) electrons. The fourth-order valence-corrected chi connectivity index (χ4v) is 3.85. The van der Waals surface area contributed by atoms with E-state index in [1.54, 1.807) is 0 Å². The summed E-state index contributed by atoms with van der Waals surface area (Å²) in [5.74, 6) is 0.735. The SMILES string of the molecule is CCCCn1c2c(c(=O)n(CCCc3nc(Cn4ccc(C(F)(F)F)n4)no3)c1=O)CC(Cl)=N2. The van der Waals surface area contributed by atoms with Crippen LogP contribution in [-0.4, -0.2) is 34.2 Å². The summed E-state index contributed by atoms with van der Waals surface area (Å²) in [6.07, 6.45) is -0.906. The first-order valence-corrected chi connectivity index (χ1v) is 11.1. The van der Waals surface area contributed by atoms with Gasteiger partial charge in [0.2, 0.25) is 5.89 Å². The fourth-order valence-electron chi connectivity index (χ4n) is 3.63. The minimum absolute atomic E-state index is 0.0905. The van der Waals surface area contributed by atoms with Crippen molar-refractivity contribution in [2.24, 2.45) is 4.99 Å². The highest BCUT2D eigenvalue weighted by atomic mass is 35.5. The molecule has 34 heavy (non-hydrogen) atoms. The molecule has 0 aliphatic carbocycles. The van der Waals surface area contributed by atoms with Crippen molar-refractivity contribution in [1.82, 2.24) is 29.1 Å². The van der Waals surface area contributed by atoms with Gasteiger partial charge in [0.25, 0.3) is 5.56 Å². The molecule has 3 aromatic rings. The molecule has 14 heteroatoms. The average Bonchev–Trinajstić information content (AvgIpc) is 3.51. The quantitative estimate of drug-likeness (QED) is 0.447. The Morgan fingerprint density at radius 2 is 1.94 bits per heavy atom. The molecule has 0 bridgehead atoms. The summed E-state index contributed by atoms with van der Waals surface area (Å²) in [5, 5.41) is 7.47. The van der Waals surface area contributed by atoms with E-state index in [1.807, 2.05) is 6.92 Å². The van der Waals surface area contributed by atoms with Crippen LogP contribution in [0.15, 0.2) is 31.4 Å². The molecule has 0 N–H and O–H groups in total. The number of alkyl halides is 3. The largest absolute Gasteiger partial charge is 0.435 e. The molecule has 10 nitrogen and oxygen atoms in total. The zero-order chi connectivity index (χ0) is 24.5. The van der Waals surface area contributed by atoms with Gasteiger partial charge in [0.15, 0.2) is 11.5 Å². The van der Waals surface area contributed by atoms with Gasteiger partial charge < -0.3 is 4.52 Å². The summed E-state index contributed by atoms with van der Waals surface area (Å²) in [6, 6.07) is 0.862. The Balaban J connectivity index is 1.43. The van der Waals surface area contributed by atoms with Gasteiger partial charge in [-0.1, -0.05) is 30.1 Å². The van der Waals surface area contributed by atoms with E-state index >= 15 is 0 Å². The Labute approximate surface area is 195 Å². The van der Waals surface area contributed by atoms with Gasteiger partial charge in [-0.3, -0.25) is 18.6 Å². The van der Waals surface area contributed by atoms with Crippen LogP contribution in [0.3, 0.4) is 0 Å². The van der Waals surface area contributed by atoms with Crippen LogP contribution in [-0.2, 0) is 38.7 Å². The summed E-state index contributed by atoms with van der Waals surface area (Å²) in [4.78, 5) is 34.1. The Bertz CT molecular complexity index is 1340. The third kappa shape index (κ3) is 4.98. The first-order chi connectivity index (χ1) is 16.2. The van der Waals surface area contributed by atoms with Gasteiger partial charge in [-0.25, -0.2) is 9.79 Å². The molecule has 4 rings (SSSR count). The van der Waals surface area contributed by atoms with Crippen molar-refractivity contribution in [2.45, 2.75) is 64.8 Å². The van der Waals surface area contributed by atoms with Crippen LogP contribution in [0.2, 0.25) is 0 Å². The minimum atomic E-state index is -4.53. The predicted octanol–water partition coefficient (Wildman–Crippen LogP) is 2.91. The highest BCUT2D eigenvalue weighted by Gasteiger charge is 2.33. The van der Waals surface area contributed by atoms with Gasteiger partial charge in [0.1, 0.15) is 17.5 Å². The molecule has 0 fully saturated rings. The maximum atomic E-state index is 13.0. The van der Waals surface area contributed by atoms with Crippen LogP contribution >= 0.6 is 11.6 Å². The maximum Gasteiger partial charge on any atom is 0.435 e. The van der Waals surface area contributed by atoms with Crippen LogP contribution in [0.5, 0.6) is 0 Å². The first kappa shape index (κ1) is 23.9. The van der Waals surface area contributed by atoms with Crippen molar-refractivity contribution < 1.29 is 17.7 Å². The molecule has 0 spiro atoms. The smallest absolute Gasteiger partial charge is 0.339 e. The molecule has 4 heterocycles. The monoisotopic (exact) mass is 499 g/mol. The lowest BCUT2D eigenvalue weighted by Crippen LogP contribution is -2.41. The molecular weight excluding hydrogens is 479 g/mol. The number of aryl methyl sites for hydroxylation is 1. The van der Waals surface area contributed by atoms with E-state index in [9.17, 15) is 22.8 Å². The molecule has 0 unspecified atom stereocenters. The zero-order valence-corrected chi connectivity index (χ0v) is 18.9. The molecule has 0 amide bonds. The van der Waals surface area contributed by atoms with Crippen LogP contribution < -0.4 is 11.2 Å². The third-order valence-electron chi connectivity index (χ3n) is 5.29. The third-order valence-corrected chi connectivity index (χ3v) is 5.51. The number of unbranched alkanes of at least 4 members (excludes halogenated alkanes) is 1. The predicted molar refractivity (Wildman–Crippen MR) is 115 cm³/mol. The Morgan fingerprint density at radius 1 is 1.18 bits per heavy atom. The summed E-state index contributed by atoms with van der Waals surface area (Å²) >= 11 is 6.03. The number of aliphatic imine (C=N–C) groups is 1. The number of hydrogen-bond donors (Lipinski definition) is 0. The molecule has 0 saturated carbocycles. The number of fused-ring (bicyclic) bond motifs is 1. The van der Waals surface area contributed by atoms with Gasteiger partial charge in [0.05, 0.1) is 5.56 Å². The summed E-state index contributed by atoms with van der Waals surface area (Å²) in [5.41, 5.74) is -1.47. The lowest BCUT2D eigenvalue weighted by atomic mass is 10.2. The summed E-state index contributed by atoms with van der Waals surface area (Å²) in [6.45, 7) is 2.47. The number of aromatic nitrogens is 6. The van der Waals surface area contributed by atoms with Crippen LogP contribution in [0.4, 0.5) is 19.0 Å². The highest BCUT2D eigenvalue weighted by Crippen LogP contribution is 2.27. The second kappa shape index (κ2) is 9.57. The first-order valence-electron chi connectivity index (χ1n) is 10.7. The molecular formula is C20H21ClF3N7O3. The molecule has 182 valence electrons. The molecule has 1 aliphatic heterocycles. The number of nitrogens with zero attached hydrogens (tertiary/aromatic N) is 7. The van der Waals surface area contributed by atoms with Crippen molar-refractivity contribution in [1.29, 1.82) is 0 Å².